The van der Waals surface area contributed by atoms with Gasteiger partial charge in [0.15, 0.2) is 0 Å². The van der Waals surface area contributed by atoms with Crippen LogP contribution in [0.3, 0.4) is 0 Å². The largest absolute Gasteiger partial charge is 0.298 e. The average molecular weight is 138 g/mol. The molecule has 1 saturated carbocycles. The molecule has 1 fully saturated rings. The Morgan fingerprint density at radius 1 is 1.40 bits per heavy atom. The lowest BCUT2D eigenvalue weighted by Crippen LogP contribution is -2.25. The third kappa shape index (κ3) is 0.719. The van der Waals surface area contributed by atoms with Crippen molar-refractivity contribution in [2.75, 3.05) is 0 Å². The fraction of sp³-hybridized carbons (Fsp3) is 0.500. The Morgan fingerprint density at radius 2 is 1.80 bits per heavy atom. The molecular weight excluding hydrogens is 128 g/mol. The Morgan fingerprint density at radius 3 is 2.00 bits per heavy atom. The predicted octanol–water partition coefficient (Wildman–Crippen LogP) is 1.11. The summed E-state index contributed by atoms with van der Waals surface area (Å²) in [4.78, 5) is 22.1. The number of rotatable bonds is 1. The van der Waals surface area contributed by atoms with Crippen LogP contribution in [0.2, 0.25) is 0 Å². The van der Waals surface area contributed by atoms with Crippen LogP contribution < -0.4 is 0 Å². The van der Waals surface area contributed by atoms with Crippen LogP contribution in [0.15, 0.2) is 12.7 Å². The molecule has 0 radical (unpaired) electrons. The SMILES string of the molecule is C=CC1(C)C(=O)CCC1=O. The van der Waals surface area contributed by atoms with E-state index in [-0.39, 0.29) is 11.6 Å². The molecule has 0 N–H and O–H groups in total. The number of ketones is 2. The lowest BCUT2D eigenvalue weighted by atomic mass is 9.87. The highest BCUT2D eigenvalue weighted by Gasteiger charge is 2.42. The van der Waals surface area contributed by atoms with E-state index < -0.39 is 5.41 Å². The van der Waals surface area contributed by atoms with Crippen LogP contribution in [0.1, 0.15) is 19.8 Å². The van der Waals surface area contributed by atoms with Crippen LogP contribution in [0, 0.1) is 5.41 Å². The molecule has 0 saturated heterocycles. The summed E-state index contributed by atoms with van der Waals surface area (Å²) >= 11 is 0. The first kappa shape index (κ1) is 7.19. The summed E-state index contributed by atoms with van der Waals surface area (Å²) in [6, 6.07) is 0. The second-order valence-corrected chi connectivity index (χ2v) is 2.75. The molecule has 2 nitrogen and oxygen atoms in total. The summed E-state index contributed by atoms with van der Waals surface area (Å²) in [6.07, 6.45) is 2.23. The maximum atomic E-state index is 11.0. The van der Waals surface area contributed by atoms with E-state index in [1.54, 1.807) is 6.92 Å². The van der Waals surface area contributed by atoms with Crippen LogP contribution in [-0.4, -0.2) is 11.6 Å². The minimum absolute atomic E-state index is 0.00694. The Kier molecular flexibility index (Phi) is 1.47. The van der Waals surface area contributed by atoms with Gasteiger partial charge in [-0.05, 0) is 6.92 Å². The Hall–Kier alpha value is -0.920. The Balaban J connectivity index is 3.01. The fourth-order valence-electron chi connectivity index (χ4n) is 1.13. The van der Waals surface area contributed by atoms with Crippen molar-refractivity contribution in [3.05, 3.63) is 12.7 Å². The molecule has 1 rings (SSSR count). The van der Waals surface area contributed by atoms with Crippen LogP contribution in [0.5, 0.6) is 0 Å². The van der Waals surface area contributed by atoms with Gasteiger partial charge in [0.25, 0.3) is 0 Å². The van der Waals surface area contributed by atoms with Crippen molar-refractivity contribution in [2.24, 2.45) is 5.41 Å². The second kappa shape index (κ2) is 2.04. The van der Waals surface area contributed by atoms with Gasteiger partial charge in [0.05, 0.1) is 0 Å². The summed E-state index contributed by atoms with van der Waals surface area (Å²) in [5, 5.41) is 0. The molecule has 0 unspecified atom stereocenters. The number of carbonyl (C=O) groups excluding carboxylic acids is 2. The molecule has 1 aliphatic carbocycles. The highest BCUT2D eigenvalue weighted by atomic mass is 16.2. The van der Waals surface area contributed by atoms with E-state index >= 15 is 0 Å². The van der Waals surface area contributed by atoms with Crippen molar-refractivity contribution in [3.63, 3.8) is 0 Å². The van der Waals surface area contributed by atoms with E-state index in [2.05, 4.69) is 6.58 Å². The molecule has 0 spiro atoms. The fourth-order valence-corrected chi connectivity index (χ4v) is 1.13. The van der Waals surface area contributed by atoms with E-state index in [1.165, 1.54) is 6.08 Å². The zero-order valence-corrected chi connectivity index (χ0v) is 6.02. The van der Waals surface area contributed by atoms with Crippen LogP contribution in [0.4, 0.5) is 0 Å². The highest BCUT2D eigenvalue weighted by Crippen LogP contribution is 2.31. The van der Waals surface area contributed by atoms with Gasteiger partial charge >= 0.3 is 0 Å². The van der Waals surface area contributed by atoms with Crippen molar-refractivity contribution < 1.29 is 9.59 Å². The standard InChI is InChI=1S/C8H10O2/c1-3-8(2)6(9)4-5-7(8)10/h3H,1,4-5H2,2H3. The molecule has 0 aromatic rings. The summed E-state index contributed by atoms with van der Waals surface area (Å²) in [5.74, 6) is 0.0139. The number of hydrogen-bond donors (Lipinski definition) is 0. The van der Waals surface area contributed by atoms with Crippen LogP contribution in [0.25, 0.3) is 0 Å². The van der Waals surface area contributed by atoms with Gasteiger partial charge in [-0.1, -0.05) is 6.08 Å². The second-order valence-electron chi connectivity index (χ2n) is 2.75. The van der Waals surface area contributed by atoms with E-state index in [0.717, 1.165) is 0 Å². The number of hydrogen-bond acceptors (Lipinski definition) is 2. The molecule has 0 aromatic heterocycles. The lowest BCUT2D eigenvalue weighted by molar-refractivity contribution is -0.130. The van der Waals surface area contributed by atoms with Gasteiger partial charge in [-0.3, -0.25) is 9.59 Å². The molecule has 0 heterocycles. The minimum atomic E-state index is -0.861. The molecule has 0 aromatic carbocycles. The maximum Gasteiger partial charge on any atom is 0.150 e. The molecule has 0 amide bonds. The van der Waals surface area contributed by atoms with Gasteiger partial charge < -0.3 is 0 Å². The normalized spacial score (nSPS) is 23.3. The Bertz CT molecular complexity index is 187. The smallest absolute Gasteiger partial charge is 0.150 e. The van der Waals surface area contributed by atoms with E-state index in [4.69, 9.17) is 0 Å². The molecule has 0 bridgehead atoms. The van der Waals surface area contributed by atoms with E-state index in [9.17, 15) is 9.59 Å². The van der Waals surface area contributed by atoms with Crippen molar-refractivity contribution in [1.82, 2.24) is 0 Å². The van der Waals surface area contributed by atoms with Crippen molar-refractivity contribution in [2.45, 2.75) is 19.8 Å². The van der Waals surface area contributed by atoms with Crippen molar-refractivity contribution >= 4 is 11.6 Å². The summed E-state index contributed by atoms with van der Waals surface area (Å²) in [6.45, 7) is 5.11. The van der Waals surface area contributed by atoms with Crippen LogP contribution >= 0.6 is 0 Å². The topological polar surface area (TPSA) is 34.1 Å². The summed E-state index contributed by atoms with van der Waals surface area (Å²) in [7, 11) is 0. The predicted molar refractivity (Wildman–Crippen MR) is 37.6 cm³/mol. The zero-order chi connectivity index (χ0) is 7.78. The molecular formula is C8H10O2. The summed E-state index contributed by atoms with van der Waals surface area (Å²) < 4.78 is 0. The van der Waals surface area contributed by atoms with Gasteiger partial charge in [-0.15, -0.1) is 6.58 Å². The molecule has 0 aliphatic heterocycles. The lowest BCUT2D eigenvalue weighted by Gasteiger charge is -2.12. The number of allylic oxidation sites excluding steroid dienone is 1. The molecule has 1 aliphatic rings. The molecule has 10 heavy (non-hydrogen) atoms. The number of Topliss-reactive ketones (excluding diaryl/α,β-unsaturated/α-hetero) is 2. The van der Waals surface area contributed by atoms with Crippen molar-refractivity contribution in [3.8, 4) is 0 Å². The molecule has 54 valence electrons. The van der Waals surface area contributed by atoms with Gasteiger partial charge in [-0.25, -0.2) is 0 Å². The molecule has 0 atom stereocenters. The Labute approximate surface area is 59.9 Å². The van der Waals surface area contributed by atoms with Gasteiger partial charge in [0, 0.05) is 12.8 Å². The maximum absolute atomic E-state index is 11.0. The summed E-state index contributed by atoms with van der Waals surface area (Å²) in [5.41, 5.74) is -0.861. The van der Waals surface area contributed by atoms with Crippen LogP contribution in [-0.2, 0) is 9.59 Å². The average Bonchev–Trinajstić information content (AvgIpc) is 2.18. The van der Waals surface area contributed by atoms with E-state index in [0.29, 0.717) is 12.8 Å². The quantitative estimate of drug-likeness (QED) is 0.402. The van der Waals surface area contributed by atoms with Gasteiger partial charge in [0.1, 0.15) is 17.0 Å². The van der Waals surface area contributed by atoms with Gasteiger partial charge in [-0.2, -0.15) is 0 Å². The van der Waals surface area contributed by atoms with E-state index in [1.807, 2.05) is 0 Å². The third-order valence-electron chi connectivity index (χ3n) is 2.15. The van der Waals surface area contributed by atoms with Crippen molar-refractivity contribution in [1.29, 1.82) is 0 Å². The van der Waals surface area contributed by atoms with Gasteiger partial charge in [0.2, 0.25) is 0 Å². The monoisotopic (exact) mass is 138 g/mol. The third-order valence-corrected chi connectivity index (χ3v) is 2.15. The first-order valence-electron chi connectivity index (χ1n) is 3.31. The number of carbonyl (C=O) groups is 2. The minimum Gasteiger partial charge on any atom is -0.298 e. The highest BCUT2D eigenvalue weighted by molar-refractivity contribution is 6.14. The molecule has 2 heteroatoms. The zero-order valence-electron chi connectivity index (χ0n) is 6.02. The first-order valence-corrected chi connectivity index (χ1v) is 3.31. The first-order chi connectivity index (χ1) is 4.61.